The van der Waals surface area contributed by atoms with Gasteiger partial charge in [0.1, 0.15) is 0 Å². The molecule has 0 unspecified atom stereocenters. The van der Waals surface area contributed by atoms with Crippen molar-refractivity contribution in [3.63, 3.8) is 0 Å². The third kappa shape index (κ3) is 5.59. The molecule has 2 atom stereocenters. The molecular formula is C16H27NO5. The Morgan fingerprint density at radius 2 is 2.23 bits per heavy atom. The summed E-state index contributed by atoms with van der Waals surface area (Å²) in [6.45, 7) is 1.66. The van der Waals surface area contributed by atoms with E-state index < -0.39 is 0 Å². The number of allylic oxidation sites excluding steroid dienone is 1. The number of nitrogens with one attached hydrogen (secondary N) is 1. The highest BCUT2D eigenvalue weighted by Crippen LogP contribution is 2.42. The van der Waals surface area contributed by atoms with Gasteiger partial charge >= 0.3 is 0 Å². The van der Waals surface area contributed by atoms with Crippen LogP contribution >= 0.6 is 0 Å². The molecule has 1 amide bonds. The van der Waals surface area contributed by atoms with Crippen LogP contribution in [0.25, 0.3) is 0 Å². The molecule has 2 rings (SSSR count). The number of aliphatic hydroxyl groups is 1. The average molecular weight is 313 g/mol. The first-order valence-electron chi connectivity index (χ1n) is 8.12. The minimum atomic E-state index is -0.363. The summed E-state index contributed by atoms with van der Waals surface area (Å²) < 4.78 is 16.3. The third-order valence-corrected chi connectivity index (χ3v) is 3.99. The Morgan fingerprint density at radius 3 is 2.91 bits per heavy atom. The van der Waals surface area contributed by atoms with Crippen molar-refractivity contribution in [2.24, 2.45) is 11.8 Å². The van der Waals surface area contributed by atoms with Gasteiger partial charge in [-0.2, -0.15) is 0 Å². The van der Waals surface area contributed by atoms with E-state index in [1.165, 1.54) is 12.8 Å². The highest BCUT2D eigenvalue weighted by Gasteiger charge is 2.36. The molecule has 0 saturated heterocycles. The van der Waals surface area contributed by atoms with Gasteiger partial charge in [0.25, 0.3) is 5.91 Å². The molecule has 6 heteroatoms. The lowest BCUT2D eigenvalue weighted by atomic mass is 9.96. The maximum absolute atomic E-state index is 12.1. The minimum absolute atomic E-state index is 0.173. The van der Waals surface area contributed by atoms with Gasteiger partial charge in [0.2, 0.25) is 6.29 Å². The Balaban J connectivity index is 1.85. The second-order valence-electron chi connectivity index (χ2n) is 5.87. The maximum Gasteiger partial charge on any atom is 0.286 e. The molecule has 0 aromatic carbocycles. The fraction of sp³-hybridized carbons (Fsp3) is 0.812. The summed E-state index contributed by atoms with van der Waals surface area (Å²) in [7, 11) is 1.60. The zero-order valence-corrected chi connectivity index (χ0v) is 13.3. The molecule has 1 aliphatic carbocycles. The van der Waals surface area contributed by atoms with Crippen molar-refractivity contribution in [1.82, 2.24) is 5.32 Å². The molecule has 0 radical (unpaired) electrons. The summed E-state index contributed by atoms with van der Waals surface area (Å²) in [5.41, 5.74) is 0. The van der Waals surface area contributed by atoms with Crippen molar-refractivity contribution >= 4 is 5.91 Å². The van der Waals surface area contributed by atoms with Crippen molar-refractivity contribution in [3.8, 4) is 0 Å². The predicted molar refractivity (Wildman–Crippen MR) is 80.9 cm³/mol. The molecule has 22 heavy (non-hydrogen) atoms. The average Bonchev–Trinajstić information content (AvgIpc) is 3.36. The lowest BCUT2D eigenvalue weighted by Crippen LogP contribution is -2.35. The number of rotatable bonds is 10. The summed E-state index contributed by atoms with van der Waals surface area (Å²) in [5.74, 6) is 1.19. The number of ether oxygens (including phenoxy) is 3. The number of unbranched alkanes of at least 4 members (excludes halogenated alkanes) is 1. The fourth-order valence-corrected chi connectivity index (χ4v) is 2.58. The molecule has 0 spiro atoms. The Bertz CT molecular complexity index is 381. The lowest BCUT2D eigenvalue weighted by molar-refractivity contribution is -0.150. The van der Waals surface area contributed by atoms with Crippen LogP contribution in [-0.4, -0.2) is 50.8 Å². The fourth-order valence-electron chi connectivity index (χ4n) is 2.58. The lowest BCUT2D eigenvalue weighted by Gasteiger charge is -2.29. The predicted octanol–water partition coefficient (Wildman–Crippen LogP) is 1.19. The first-order valence-corrected chi connectivity index (χ1v) is 8.12. The maximum atomic E-state index is 12.1. The highest BCUT2D eigenvalue weighted by molar-refractivity contribution is 5.91. The molecule has 2 aliphatic rings. The minimum Gasteiger partial charge on any atom is -0.459 e. The molecule has 1 fully saturated rings. The van der Waals surface area contributed by atoms with Crippen molar-refractivity contribution in [3.05, 3.63) is 11.8 Å². The van der Waals surface area contributed by atoms with Crippen molar-refractivity contribution in [2.75, 3.05) is 33.5 Å². The van der Waals surface area contributed by atoms with E-state index in [1.807, 2.05) is 6.08 Å². The Labute approximate surface area is 131 Å². The van der Waals surface area contributed by atoms with E-state index in [0.29, 0.717) is 37.4 Å². The van der Waals surface area contributed by atoms with E-state index in [-0.39, 0.29) is 18.8 Å². The number of carbonyl (C=O) groups excluding carboxylic acids is 1. The zero-order chi connectivity index (χ0) is 15.8. The first kappa shape index (κ1) is 17.2. The van der Waals surface area contributed by atoms with Crippen LogP contribution in [0.3, 0.4) is 0 Å². The van der Waals surface area contributed by atoms with E-state index in [4.69, 9.17) is 19.3 Å². The van der Waals surface area contributed by atoms with Crippen LogP contribution in [0, 0.1) is 11.8 Å². The van der Waals surface area contributed by atoms with Gasteiger partial charge in [-0.25, -0.2) is 0 Å². The molecular weight excluding hydrogens is 286 g/mol. The molecule has 6 nitrogen and oxygen atoms in total. The van der Waals surface area contributed by atoms with Crippen LogP contribution in [0.4, 0.5) is 0 Å². The smallest absolute Gasteiger partial charge is 0.286 e. The highest BCUT2D eigenvalue weighted by atomic mass is 16.7. The van der Waals surface area contributed by atoms with E-state index >= 15 is 0 Å². The summed E-state index contributed by atoms with van der Waals surface area (Å²) in [6.07, 6.45) is 6.35. The summed E-state index contributed by atoms with van der Waals surface area (Å²) in [6, 6.07) is 0. The van der Waals surface area contributed by atoms with Gasteiger partial charge in [-0.05, 0) is 43.6 Å². The van der Waals surface area contributed by atoms with Gasteiger partial charge in [0.05, 0.1) is 13.2 Å². The van der Waals surface area contributed by atoms with E-state index in [9.17, 15) is 4.79 Å². The van der Waals surface area contributed by atoms with Gasteiger partial charge < -0.3 is 24.6 Å². The third-order valence-electron chi connectivity index (χ3n) is 3.99. The Morgan fingerprint density at radius 1 is 1.41 bits per heavy atom. The van der Waals surface area contributed by atoms with Crippen molar-refractivity contribution in [2.45, 2.75) is 38.4 Å². The van der Waals surface area contributed by atoms with Crippen LogP contribution in [0.5, 0.6) is 0 Å². The molecule has 1 aliphatic heterocycles. The summed E-state index contributed by atoms with van der Waals surface area (Å²) in [4.78, 5) is 12.1. The molecule has 0 aromatic rings. The van der Waals surface area contributed by atoms with Gasteiger partial charge in [-0.1, -0.05) is 0 Å². The number of aliphatic hydroxyl groups excluding tert-OH is 1. The molecule has 126 valence electrons. The standard InChI is InChI=1S/C16H27NO5/c1-20-9-6-17-16(19)14-10-13(12-4-5-12)11-15(22-14)21-8-3-2-7-18/h10,12-13,15,18H,2-9,11H2,1H3,(H,17,19)/t13-,15+/m1/s1. The van der Waals surface area contributed by atoms with Gasteiger partial charge in [-0.3, -0.25) is 4.79 Å². The topological polar surface area (TPSA) is 77.0 Å². The molecule has 2 N–H and O–H groups in total. The molecule has 1 saturated carbocycles. The second kappa shape index (κ2) is 9.12. The van der Waals surface area contributed by atoms with Crippen LogP contribution in [0.15, 0.2) is 11.8 Å². The summed E-state index contributed by atoms with van der Waals surface area (Å²) >= 11 is 0. The van der Waals surface area contributed by atoms with Crippen molar-refractivity contribution < 1.29 is 24.1 Å². The second-order valence-corrected chi connectivity index (χ2v) is 5.87. The largest absolute Gasteiger partial charge is 0.459 e. The van der Waals surface area contributed by atoms with Crippen LogP contribution in [0.2, 0.25) is 0 Å². The van der Waals surface area contributed by atoms with Crippen LogP contribution in [-0.2, 0) is 19.0 Å². The zero-order valence-electron chi connectivity index (χ0n) is 13.3. The van der Waals surface area contributed by atoms with E-state index in [1.54, 1.807) is 7.11 Å². The van der Waals surface area contributed by atoms with Gasteiger partial charge in [0, 0.05) is 26.7 Å². The normalized spacial score (nSPS) is 24.5. The quantitative estimate of drug-likeness (QED) is 0.593. The molecule has 0 bridgehead atoms. The number of methoxy groups -OCH3 is 1. The molecule has 0 aromatic heterocycles. The summed E-state index contributed by atoms with van der Waals surface area (Å²) in [5, 5.41) is 11.6. The van der Waals surface area contributed by atoms with Crippen LogP contribution in [0.1, 0.15) is 32.1 Å². The van der Waals surface area contributed by atoms with Gasteiger partial charge in [0.15, 0.2) is 5.76 Å². The van der Waals surface area contributed by atoms with E-state index in [2.05, 4.69) is 5.32 Å². The number of amides is 1. The Kier molecular flexibility index (Phi) is 7.15. The SMILES string of the molecule is COCCNC(=O)C1=C[C@@H](C2CC2)C[C@@H](OCCCCO)O1. The van der Waals surface area contributed by atoms with Crippen molar-refractivity contribution in [1.29, 1.82) is 0 Å². The number of hydrogen-bond acceptors (Lipinski definition) is 5. The number of carbonyl (C=O) groups is 1. The van der Waals surface area contributed by atoms with Crippen LogP contribution < -0.4 is 5.32 Å². The van der Waals surface area contributed by atoms with Gasteiger partial charge in [-0.15, -0.1) is 0 Å². The monoisotopic (exact) mass is 313 g/mol. The molecule has 1 heterocycles. The first-order chi connectivity index (χ1) is 10.7. The Hall–Kier alpha value is -1.11. The number of hydrogen-bond donors (Lipinski definition) is 2. The van der Waals surface area contributed by atoms with E-state index in [0.717, 1.165) is 19.3 Å².